The van der Waals surface area contributed by atoms with Crippen LogP contribution in [0.25, 0.3) is 0 Å². The molecule has 85 valence electrons. The van der Waals surface area contributed by atoms with Crippen molar-refractivity contribution in [3.63, 3.8) is 0 Å². The van der Waals surface area contributed by atoms with Crippen molar-refractivity contribution in [2.24, 2.45) is 0 Å². The summed E-state index contributed by atoms with van der Waals surface area (Å²) in [4.78, 5) is 9.82. The van der Waals surface area contributed by atoms with Crippen molar-refractivity contribution >= 4 is 12.1 Å². The first-order valence-corrected chi connectivity index (χ1v) is 4.22. The van der Waals surface area contributed by atoms with Gasteiger partial charge >= 0.3 is 0 Å². The number of nitrogens with one attached hydrogen (secondary N) is 1. The molecule has 1 aromatic carbocycles. The van der Waals surface area contributed by atoms with Gasteiger partial charge in [-0.3, -0.25) is 0 Å². The Bertz CT molecular complexity index is 312. The van der Waals surface area contributed by atoms with E-state index < -0.39 is 0 Å². The molecule has 16 heavy (non-hydrogen) atoms. The van der Waals surface area contributed by atoms with Crippen LogP contribution in [0, 0.1) is 6.92 Å². The van der Waals surface area contributed by atoms with E-state index >= 15 is 0 Å². The Morgan fingerprint density at radius 3 is 2.19 bits per heavy atom. The third-order valence-corrected chi connectivity index (χ3v) is 1.48. The van der Waals surface area contributed by atoms with Crippen LogP contribution in [0.1, 0.15) is 5.56 Å². The summed E-state index contributed by atoms with van der Waals surface area (Å²) in [7, 11) is 1.35. The summed E-state index contributed by atoms with van der Waals surface area (Å²) < 4.78 is 4.11. The molecule has 1 amide bonds. The summed E-state index contributed by atoms with van der Waals surface area (Å²) in [5, 5.41) is 10.4. The quantitative estimate of drug-likeness (QED) is 0.510. The van der Waals surface area contributed by atoms with Gasteiger partial charge in [0.05, 0.1) is 13.5 Å². The van der Waals surface area contributed by atoms with Gasteiger partial charge in [0.2, 0.25) is 0 Å². The second-order valence-corrected chi connectivity index (χ2v) is 2.69. The summed E-state index contributed by atoms with van der Waals surface area (Å²) in [5.74, 6) is -0.245. The Morgan fingerprint density at radius 1 is 1.44 bits per heavy atom. The van der Waals surface area contributed by atoms with E-state index in [0.29, 0.717) is 0 Å². The van der Waals surface area contributed by atoms with Crippen molar-refractivity contribution in [3.8, 4) is 0 Å². The van der Waals surface area contributed by atoms with E-state index in [2.05, 4.69) is 16.6 Å². The van der Waals surface area contributed by atoms with Gasteiger partial charge in [-0.1, -0.05) is 17.7 Å². The van der Waals surface area contributed by atoms with Gasteiger partial charge in [-0.05, 0) is 13.5 Å². The summed E-state index contributed by atoms with van der Waals surface area (Å²) in [6, 6.07) is 7.53. The van der Waals surface area contributed by atoms with Crippen molar-refractivity contribution in [2.75, 3.05) is 12.4 Å². The van der Waals surface area contributed by atoms with Crippen molar-refractivity contribution in [1.29, 1.82) is 0 Å². The van der Waals surface area contributed by atoms with Gasteiger partial charge in [-0.25, -0.2) is 0 Å². The SMILES string of the molecule is C=C(O)OC.Cc1ccc(N[C-]=O)cc1.[Y]. The number of aliphatic hydroxyl groups excluding tert-OH is 1. The molecule has 0 aromatic heterocycles. The first-order valence-electron chi connectivity index (χ1n) is 4.22. The Morgan fingerprint density at radius 2 is 1.88 bits per heavy atom. The molecule has 1 aromatic rings. The zero-order valence-corrected chi connectivity index (χ0v) is 12.2. The predicted octanol–water partition coefficient (Wildman–Crippen LogP) is 2.13. The maximum Gasteiger partial charge on any atom is 0.268 e. The third-order valence-electron chi connectivity index (χ3n) is 1.48. The fourth-order valence-corrected chi connectivity index (χ4v) is 0.696. The van der Waals surface area contributed by atoms with E-state index in [4.69, 9.17) is 5.11 Å². The van der Waals surface area contributed by atoms with Gasteiger partial charge in [0.25, 0.3) is 5.95 Å². The largest absolute Gasteiger partial charge is 0.490 e. The van der Waals surface area contributed by atoms with Crippen LogP contribution in [0.2, 0.25) is 0 Å². The Balaban J connectivity index is 0. The molecule has 0 fully saturated rings. The van der Waals surface area contributed by atoms with Crippen molar-refractivity contribution in [2.45, 2.75) is 6.92 Å². The number of benzene rings is 1. The number of carbonyl (C=O) groups excluding carboxylic acids is 1. The molecule has 0 saturated carbocycles. The van der Waals surface area contributed by atoms with E-state index in [1.807, 2.05) is 31.2 Å². The fraction of sp³-hybridized carbons (Fsp3) is 0.182. The minimum Gasteiger partial charge on any atom is -0.490 e. The number of hydrogen-bond donors (Lipinski definition) is 2. The molecule has 0 saturated heterocycles. The van der Waals surface area contributed by atoms with Crippen LogP contribution in [-0.2, 0) is 42.2 Å². The number of anilines is 1. The maximum absolute atomic E-state index is 9.82. The number of aliphatic hydroxyl groups is 1. The average Bonchev–Trinajstić information content (AvgIpc) is 2.23. The minimum atomic E-state index is -0.245. The molecule has 2 N–H and O–H groups in total. The average molecular weight is 297 g/mol. The first-order chi connectivity index (χ1) is 7.10. The third kappa shape index (κ3) is 9.68. The molecule has 0 atom stereocenters. The molecule has 0 aliphatic carbocycles. The molecule has 1 rings (SSSR count). The molecular formula is C11H14NO3Y-. The summed E-state index contributed by atoms with van der Waals surface area (Å²) in [5.41, 5.74) is 1.96. The van der Waals surface area contributed by atoms with E-state index in [1.165, 1.54) is 12.7 Å². The van der Waals surface area contributed by atoms with Gasteiger partial charge in [0, 0.05) is 32.7 Å². The molecule has 1 radical (unpaired) electrons. The molecule has 0 unspecified atom stereocenters. The van der Waals surface area contributed by atoms with Gasteiger partial charge in [0.1, 0.15) is 0 Å². The van der Waals surface area contributed by atoms with Crippen LogP contribution in [0.15, 0.2) is 36.8 Å². The van der Waals surface area contributed by atoms with Crippen molar-refractivity contribution in [1.82, 2.24) is 0 Å². The first kappa shape index (κ1) is 17.5. The number of ether oxygens (including phenoxy) is 1. The molecule has 4 nitrogen and oxygen atoms in total. The van der Waals surface area contributed by atoms with Crippen LogP contribution < -0.4 is 5.32 Å². The molecule has 0 aliphatic rings. The van der Waals surface area contributed by atoms with E-state index in [0.717, 1.165) is 5.69 Å². The van der Waals surface area contributed by atoms with Crippen molar-refractivity contribution in [3.05, 3.63) is 42.4 Å². The standard InChI is InChI=1S/C8H8NO.C3H6O2.Y/c1-7-2-4-8(5-3-7)9-6-10;1-3(4)5-2;/h2-5H,1H3,(H,9,10);4H,1H2,2H3;/q-1;;. The van der Waals surface area contributed by atoms with Crippen LogP contribution in [0.3, 0.4) is 0 Å². The molecule has 0 bridgehead atoms. The van der Waals surface area contributed by atoms with Crippen LogP contribution in [0.4, 0.5) is 5.69 Å². The topological polar surface area (TPSA) is 58.6 Å². The number of hydrogen-bond acceptors (Lipinski definition) is 3. The van der Waals surface area contributed by atoms with Gasteiger partial charge in [-0.15, -0.1) is 17.8 Å². The monoisotopic (exact) mass is 297 g/mol. The Hall–Kier alpha value is -0.866. The van der Waals surface area contributed by atoms with Crippen molar-refractivity contribution < 1.29 is 47.3 Å². The van der Waals surface area contributed by atoms with Crippen LogP contribution in [0.5, 0.6) is 0 Å². The minimum absolute atomic E-state index is 0. The summed E-state index contributed by atoms with van der Waals surface area (Å²) >= 11 is 0. The van der Waals surface area contributed by atoms with E-state index in [1.54, 1.807) is 6.41 Å². The zero-order valence-electron chi connectivity index (χ0n) is 9.36. The van der Waals surface area contributed by atoms with E-state index in [9.17, 15) is 4.79 Å². The number of amides is 1. The molecule has 0 aliphatic heterocycles. The number of methoxy groups -OCH3 is 1. The van der Waals surface area contributed by atoms with Gasteiger partial charge < -0.3 is 20.0 Å². The Kier molecular flexibility index (Phi) is 11.7. The summed E-state index contributed by atoms with van der Waals surface area (Å²) in [6.07, 6.45) is 1.60. The Labute approximate surface area is 121 Å². The van der Waals surface area contributed by atoms with Crippen LogP contribution in [-0.4, -0.2) is 18.6 Å². The normalized spacial score (nSPS) is 7.62. The summed E-state index contributed by atoms with van der Waals surface area (Å²) in [6.45, 7) is 5.00. The second kappa shape index (κ2) is 10.6. The van der Waals surface area contributed by atoms with Gasteiger partial charge in [-0.2, -0.15) is 0 Å². The maximum atomic E-state index is 9.82. The smallest absolute Gasteiger partial charge is 0.268 e. The fourth-order valence-electron chi connectivity index (χ4n) is 0.696. The molecular weight excluding hydrogens is 283 g/mol. The molecule has 0 spiro atoms. The predicted molar refractivity (Wildman–Crippen MR) is 59.3 cm³/mol. The molecule has 5 heteroatoms. The van der Waals surface area contributed by atoms with Gasteiger partial charge in [0.15, 0.2) is 0 Å². The van der Waals surface area contributed by atoms with E-state index in [-0.39, 0.29) is 38.7 Å². The zero-order chi connectivity index (χ0) is 11.7. The van der Waals surface area contributed by atoms with Crippen LogP contribution >= 0.6 is 0 Å². The second-order valence-electron chi connectivity index (χ2n) is 2.69. The number of rotatable bonds is 3. The molecule has 0 heterocycles. The number of aryl methyl sites for hydroxylation is 1.